The van der Waals surface area contributed by atoms with Crippen LogP contribution < -0.4 is 10.6 Å². The number of rotatable bonds is 2. The Hall–Kier alpha value is -0.610. The Kier molecular flexibility index (Phi) is 4.04. The third-order valence-corrected chi connectivity index (χ3v) is 6.66. The highest BCUT2D eigenvalue weighted by Crippen LogP contribution is 2.44. The Labute approximate surface area is 132 Å². The fraction of sp³-hybridized carbons (Fsp3) is 0.824. The lowest BCUT2D eigenvalue weighted by Crippen LogP contribution is -2.38. The second-order valence-electron chi connectivity index (χ2n) is 7.90. The van der Waals surface area contributed by atoms with Crippen LogP contribution in [0.4, 0.5) is 5.13 Å². The molecule has 3 rings (SSSR count). The molecule has 1 heterocycles. The lowest BCUT2D eigenvalue weighted by atomic mass is 9.77. The molecule has 4 heteroatoms. The second-order valence-corrected chi connectivity index (χ2v) is 8.91. The van der Waals surface area contributed by atoms with E-state index in [0.717, 1.165) is 18.8 Å². The molecule has 0 spiro atoms. The van der Waals surface area contributed by atoms with Crippen LogP contribution in [0.2, 0.25) is 0 Å². The van der Waals surface area contributed by atoms with Gasteiger partial charge < -0.3 is 10.6 Å². The van der Waals surface area contributed by atoms with Crippen molar-refractivity contribution < 1.29 is 0 Å². The van der Waals surface area contributed by atoms with Crippen LogP contribution in [-0.2, 0) is 6.42 Å². The average Bonchev–Trinajstić information content (AvgIpc) is 2.81. The van der Waals surface area contributed by atoms with Crippen molar-refractivity contribution in [3.63, 3.8) is 0 Å². The minimum atomic E-state index is 0.173. The van der Waals surface area contributed by atoms with Gasteiger partial charge in [0.2, 0.25) is 0 Å². The number of thiazole rings is 1. The summed E-state index contributed by atoms with van der Waals surface area (Å²) in [6.45, 7) is 7.01. The van der Waals surface area contributed by atoms with Crippen LogP contribution in [0.1, 0.15) is 69.5 Å². The zero-order valence-corrected chi connectivity index (χ0v) is 14.7. The first-order valence-electron chi connectivity index (χ1n) is 8.35. The summed E-state index contributed by atoms with van der Waals surface area (Å²) < 4.78 is 0. The lowest BCUT2D eigenvalue weighted by molar-refractivity contribution is 0.282. The van der Waals surface area contributed by atoms with E-state index < -0.39 is 0 Å². The molecule has 3 unspecified atom stereocenters. The maximum absolute atomic E-state index is 6.39. The fourth-order valence-electron chi connectivity index (χ4n) is 4.15. The van der Waals surface area contributed by atoms with Crippen LogP contribution in [0, 0.1) is 11.3 Å². The van der Waals surface area contributed by atoms with Gasteiger partial charge in [0, 0.05) is 24.0 Å². The van der Waals surface area contributed by atoms with Gasteiger partial charge in [-0.2, -0.15) is 0 Å². The third kappa shape index (κ3) is 2.98. The van der Waals surface area contributed by atoms with E-state index in [1.165, 1.54) is 41.4 Å². The molecule has 0 saturated heterocycles. The number of aromatic nitrogens is 1. The Morgan fingerprint density at radius 3 is 2.71 bits per heavy atom. The summed E-state index contributed by atoms with van der Waals surface area (Å²) in [5.74, 6) is 0.773. The molecule has 0 amide bonds. The number of nitrogens with zero attached hydrogens (tertiary/aromatic N) is 2. The van der Waals surface area contributed by atoms with E-state index in [1.54, 1.807) is 0 Å². The van der Waals surface area contributed by atoms with E-state index in [1.807, 2.05) is 11.3 Å². The number of nitrogens with two attached hydrogens (primary N) is 1. The maximum atomic E-state index is 6.39. The van der Waals surface area contributed by atoms with Crippen molar-refractivity contribution in [1.82, 2.24) is 4.98 Å². The number of hydrogen-bond acceptors (Lipinski definition) is 4. The van der Waals surface area contributed by atoms with E-state index in [2.05, 4.69) is 32.7 Å². The third-order valence-electron chi connectivity index (χ3n) is 5.34. The molecular weight excluding hydrogens is 278 g/mol. The van der Waals surface area contributed by atoms with Gasteiger partial charge in [-0.1, -0.05) is 44.9 Å². The molecule has 0 aromatic carbocycles. The van der Waals surface area contributed by atoms with Crippen LogP contribution in [0.3, 0.4) is 0 Å². The Balaban J connectivity index is 1.84. The summed E-state index contributed by atoms with van der Waals surface area (Å²) in [5, 5.41) is 1.19. The van der Waals surface area contributed by atoms with Gasteiger partial charge in [-0.05, 0) is 37.0 Å². The highest BCUT2D eigenvalue weighted by Gasteiger charge is 2.35. The molecule has 1 saturated carbocycles. The molecule has 3 nitrogen and oxygen atoms in total. The molecule has 2 aliphatic rings. The van der Waals surface area contributed by atoms with Crippen LogP contribution in [0.15, 0.2) is 0 Å². The van der Waals surface area contributed by atoms with Gasteiger partial charge in [0.25, 0.3) is 0 Å². The first-order chi connectivity index (χ1) is 9.87. The Bertz CT molecular complexity index is 508. The van der Waals surface area contributed by atoms with Crippen molar-refractivity contribution >= 4 is 16.5 Å². The van der Waals surface area contributed by atoms with Crippen molar-refractivity contribution in [2.24, 2.45) is 17.1 Å². The van der Waals surface area contributed by atoms with E-state index in [9.17, 15) is 0 Å². The molecule has 0 aliphatic heterocycles. The summed E-state index contributed by atoms with van der Waals surface area (Å²) in [6.07, 6.45) is 7.55. The molecule has 1 fully saturated rings. The average molecular weight is 308 g/mol. The smallest absolute Gasteiger partial charge is 0.185 e. The number of fused-ring (bicyclic) bond motifs is 1. The van der Waals surface area contributed by atoms with Crippen molar-refractivity contribution in [2.75, 3.05) is 11.9 Å². The fourth-order valence-corrected chi connectivity index (χ4v) is 5.25. The molecule has 0 bridgehead atoms. The largest absolute Gasteiger partial charge is 0.348 e. The SMILES string of the molecule is CC1CCCCC1N(C)c1nc2c(s1)C(N)CC(C)(C)C2. The van der Waals surface area contributed by atoms with Crippen LogP contribution in [0.5, 0.6) is 0 Å². The lowest BCUT2D eigenvalue weighted by Gasteiger charge is -2.36. The van der Waals surface area contributed by atoms with Gasteiger partial charge in [-0.25, -0.2) is 4.98 Å². The van der Waals surface area contributed by atoms with Crippen molar-refractivity contribution in [3.05, 3.63) is 10.6 Å². The van der Waals surface area contributed by atoms with Crippen molar-refractivity contribution in [2.45, 2.75) is 71.4 Å². The minimum Gasteiger partial charge on any atom is -0.348 e. The predicted octanol–water partition coefficient (Wildman–Crippen LogP) is 4.13. The standard InChI is InChI=1S/C17H29N3S/c1-11-7-5-6-8-14(11)20(4)16-19-13-10-17(2,3)9-12(18)15(13)21-16/h11-12,14H,5-10,18H2,1-4H3. The molecule has 0 radical (unpaired) electrons. The van der Waals surface area contributed by atoms with Gasteiger partial charge in [0.05, 0.1) is 5.69 Å². The van der Waals surface area contributed by atoms with Gasteiger partial charge in [-0.3, -0.25) is 0 Å². The topological polar surface area (TPSA) is 42.2 Å². The summed E-state index contributed by atoms with van der Waals surface area (Å²) in [4.78, 5) is 8.74. The van der Waals surface area contributed by atoms with E-state index in [4.69, 9.17) is 10.7 Å². The van der Waals surface area contributed by atoms with Gasteiger partial charge in [0.15, 0.2) is 5.13 Å². The zero-order chi connectivity index (χ0) is 15.2. The van der Waals surface area contributed by atoms with Crippen LogP contribution in [-0.4, -0.2) is 18.1 Å². The summed E-state index contributed by atoms with van der Waals surface area (Å²) >= 11 is 1.84. The first-order valence-corrected chi connectivity index (χ1v) is 9.17. The molecule has 118 valence electrons. The van der Waals surface area contributed by atoms with Gasteiger partial charge in [-0.15, -0.1) is 0 Å². The molecule has 1 aromatic heterocycles. The molecule has 2 N–H and O–H groups in total. The highest BCUT2D eigenvalue weighted by atomic mass is 32.1. The molecule has 1 aromatic rings. The highest BCUT2D eigenvalue weighted by molar-refractivity contribution is 7.15. The van der Waals surface area contributed by atoms with Crippen molar-refractivity contribution in [1.29, 1.82) is 0 Å². The Morgan fingerprint density at radius 2 is 2.00 bits per heavy atom. The predicted molar refractivity (Wildman–Crippen MR) is 91.0 cm³/mol. The normalized spacial score (nSPS) is 31.8. The maximum Gasteiger partial charge on any atom is 0.185 e. The minimum absolute atomic E-state index is 0.173. The van der Waals surface area contributed by atoms with E-state index >= 15 is 0 Å². The summed E-state index contributed by atoms with van der Waals surface area (Å²) in [5.41, 5.74) is 7.94. The second kappa shape index (κ2) is 5.54. The molecular formula is C17H29N3S. The van der Waals surface area contributed by atoms with Gasteiger partial charge >= 0.3 is 0 Å². The van der Waals surface area contributed by atoms with E-state index in [0.29, 0.717) is 6.04 Å². The number of hydrogen-bond donors (Lipinski definition) is 1. The molecule has 21 heavy (non-hydrogen) atoms. The molecule has 3 atom stereocenters. The van der Waals surface area contributed by atoms with Crippen LogP contribution >= 0.6 is 11.3 Å². The Morgan fingerprint density at radius 1 is 1.29 bits per heavy atom. The first kappa shape index (κ1) is 15.3. The van der Waals surface area contributed by atoms with Gasteiger partial charge in [0.1, 0.15) is 0 Å². The summed E-state index contributed by atoms with van der Waals surface area (Å²) in [7, 11) is 2.23. The molecule has 2 aliphatic carbocycles. The van der Waals surface area contributed by atoms with Crippen molar-refractivity contribution in [3.8, 4) is 0 Å². The van der Waals surface area contributed by atoms with E-state index in [-0.39, 0.29) is 11.5 Å². The van der Waals surface area contributed by atoms with Crippen LogP contribution in [0.25, 0.3) is 0 Å². The monoisotopic (exact) mass is 307 g/mol. The quantitative estimate of drug-likeness (QED) is 0.893. The number of anilines is 1. The zero-order valence-electron chi connectivity index (χ0n) is 13.9. The summed E-state index contributed by atoms with van der Waals surface area (Å²) in [6, 6.07) is 0.822.